The van der Waals surface area contributed by atoms with E-state index in [1.807, 2.05) is 12.3 Å². The van der Waals surface area contributed by atoms with Crippen molar-refractivity contribution in [2.75, 3.05) is 0 Å². The summed E-state index contributed by atoms with van der Waals surface area (Å²) >= 11 is 1.76. The van der Waals surface area contributed by atoms with E-state index in [0.717, 1.165) is 5.52 Å². The van der Waals surface area contributed by atoms with Gasteiger partial charge >= 0.3 is 0 Å². The zero-order valence-electron chi connectivity index (χ0n) is 10.6. The van der Waals surface area contributed by atoms with Crippen molar-refractivity contribution in [3.63, 3.8) is 0 Å². The topological polar surface area (TPSA) is 12.9 Å². The fraction of sp³-hybridized carbons (Fsp3) is 0.188. The van der Waals surface area contributed by atoms with Crippen molar-refractivity contribution >= 4 is 22.2 Å². The Morgan fingerprint density at radius 1 is 1.17 bits per heavy atom. The van der Waals surface area contributed by atoms with Gasteiger partial charge in [-0.2, -0.15) is 11.3 Å². The van der Waals surface area contributed by atoms with Crippen LogP contribution in [-0.2, 0) is 0 Å². The first-order valence-electron chi connectivity index (χ1n) is 6.13. The third-order valence-corrected chi connectivity index (χ3v) is 4.28. The predicted molar refractivity (Wildman–Crippen MR) is 78.3 cm³/mol. The Labute approximate surface area is 111 Å². The standard InChI is InChI=1S/C16H15NS/c1-11(14-7-9-18-10-14)15-6-5-13-4-3-8-17-16(13)12(15)2/h3-11H,1-2H3. The Kier molecular flexibility index (Phi) is 2.88. The molecule has 3 rings (SSSR count). The highest BCUT2D eigenvalue weighted by Gasteiger charge is 2.13. The minimum Gasteiger partial charge on any atom is -0.256 e. The van der Waals surface area contributed by atoms with Gasteiger partial charge in [-0.05, 0) is 46.5 Å². The van der Waals surface area contributed by atoms with Gasteiger partial charge in [-0.1, -0.05) is 25.1 Å². The van der Waals surface area contributed by atoms with E-state index < -0.39 is 0 Å². The molecule has 2 heterocycles. The average molecular weight is 253 g/mol. The first-order valence-corrected chi connectivity index (χ1v) is 7.08. The predicted octanol–water partition coefficient (Wildman–Crippen LogP) is 4.76. The molecule has 1 atom stereocenters. The third kappa shape index (κ3) is 1.83. The van der Waals surface area contributed by atoms with Gasteiger partial charge in [-0.3, -0.25) is 4.98 Å². The van der Waals surface area contributed by atoms with Crippen molar-refractivity contribution in [1.29, 1.82) is 0 Å². The first kappa shape index (κ1) is 11.4. The quantitative estimate of drug-likeness (QED) is 0.642. The Balaban J connectivity index is 2.15. The minimum atomic E-state index is 0.433. The van der Waals surface area contributed by atoms with Gasteiger partial charge in [0.1, 0.15) is 0 Å². The maximum absolute atomic E-state index is 4.51. The van der Waals surface area contributed by atoms with E-state index in [1.54, 1.807) is 11.3 Å². The summed E-state index contributed by atoms with van der Waals surface area (Å²) in [5, 5.41) is 5.59. The Morgan fingerprint density at radius 2 is 2.06 bits per heavy atom. The molecule has 0 aliphatic rings. The maximum atomic E-state index is 4.51. The van der Waals surface area contributed by atoms with E-state index in [4.69, 9.17) is 0 Å². The average Bonchev–Trinajstić information content (AvgIpc) is 2.93. The van der Waals surface area contributed by atoms with Crippen LogP contribution in [0.5, 0.6) is 0 Å². The molecule has 1 aromatic carbocycles. The number of aromatic nitrogens is 1. The molecule has 1 nitrogen and oxygen atoms in total. The van der Waals surface area contributed by atoms with Crippen LogP contribution >= 0.6 is 11.3 Å². The van der Waals surface area contributed by atoms with Gasteiger partial charge < -0.3 is 0 Å². The highest BCUT2D eigenvalue weighted by Crippen LogP contribution is 2.31. The molecule has 0 saturated carbocycles. The maximum Gasteiger partial charge on any atom is 0.0734 e. The summed E-state index contributed by atoms with van der Waals surface area (Å²) in [4.78, 5) is 4.51. The molecule has 0 radical (unpaired) electrons. The number of thiophene rings is 1. The van der Waals surface area contributed by atoms with Crippen LogP contribution in [0.3, 0.4) is 0 Å². The van der Waals surface area contributed by atoms with Crippen molar-refractivity contribution in [2.45, 2.75) is 19.8 Å². The van der Waals surface area contributed by atoms with Gasteiger partial charge in [0.25, 0.3) is 0 Å². The number of rotatable bonds is 2. The monoisotopic (exact) mass is 253 g/mol. The number of aryl methyl sites for hydroxylation is 1. The van der Waals surface area contributed by atoms with Gasteiger partial charge in [-0.25, -0.2) is 0 Å². The molecule has 90 valence electrons. The van der Waals surface area contributed by atoms with Crippen LogP contribution in [-0.4, -0.2) is 4.98 Å². The normalized spacial score (nSPS) is 12.8. The third-order valence-electron chi connectivity index (χ3n) is 3.58. The van der Waals surface area contributed by atoms with Gasteiger partial charge in [0.05, 0.1) is 5.52 Å². The molecule has 1 unspecified atom stereocenters. The number of hydrogen-bond acceptors (Lipinski definition) is 2. The number of pyridine rings is 1. The summed E-state index contributed by atoms with van der Waals surface area (Å²) in [7, 11) is 0. The fourth-order valence-corrected chi connectivity index (χ4v) is 3.23. The zero-order chi connectivity index (χ0) is 12.5. The minimum absolute atomic E-state index is 0.433. The van der Waals surface area contributed by atoms with Gasteiger partial charge in [0.2, 0.25) is 0 Å². The Hall–Kier alpha value is -1.67. The second-order valence-corrected chi connectivity index (χ2v) is 5.41. The largest absolute Gasteiger partial charge is 0.256 e. The Bertz CT molecular complexity index is 671. The van der Waals surface area contributed by atoms with E-state index in [9.17, 15) is 0 Å². The van der Waals surface area contributed by atoms with Crippen LogP contribution in [0.1, 0.15) is 29.5 Å². The molecule has 0 amide bonds. The van der Waals surface area contributed by atoms with Crippen molar-refractivity contribution in [1.82, 2.24) is 4.98 Å². The van der Waals surface area contributed by atoms with Gasteiger partial charge in [0.15, 0.2) is 0 Å². The molecule has 0 N–H and O–H groups in total. The van der Waals surface area contributed by atoms with Crippen molar-refractivity contribution < 1.29 is 0 Å². The molecule has 2 aromatic heterocycles. The highest BCUT2D eigenvalue weighted by molar-refractivity contribution is 7.08. The van der Waals surface area contributed by atoms with Gasteiger partial charge in [0, 0.05) is 17.5 Å². The molecule has 2 heteroatoms. The van der Waals surface area contributed by atoms with Crippen LogP contribution in [0.25, 0.3) is 10.9 Å². The fourth-order valence-electron chi connectivity index (χ4n) is 2.48. The van der Waals surface area contributed by atoms with E-state index in [0.29, 0.717) is 5.92 Å². The van der Waals surface area contributed by atoms with Crippen molar-refractivity contribution in [3.8, 4) is 0 Å². The molecule has 0 bridgehead atoms. The van der Waals surface area contributed by atoms with E-state index >= 15 is 0 Å². The second kappa shape index (κ2) is 4.54. The smallest absolute Gasteiger partial charge is 0.0734 e. The number of fused-ring (bicyclic) bond motifs is 1. The molecule has 0 fully saturated rings. The number of nitrogens with zero attached hydrogens (tertiary/aromatic N) is 1. The molecule has 0 saturated heterocycles. The molecule has 3 aromatic rings. The number of benzene rings is 1. The Morgan fingerprint density at radius 3 is 2.83 bits per heavy atom. The lowest BCUT2D eigenvalue weighted by molar-refractivity contribution is 0.919. The number of hydrogen-bond donors (Lipinski definition) is 0. The molecular formula is C16H15NS. The second-order valence-electron chi connectivity index (χ2n) is 4.63. The van der Waals surface area contributed by atoms with Crippen LogP contribution in [0.4, 0.5) is 0 Å². The van der Waals surface area contributed by atoms with Crippen LogP contribution in [0.2, 0.25) is 0 Å². The SMILES string of the molecule is Cc1c(C(C)c2ccsc2)ccc2cccnc12. The summed E-state index contributed by atoms with van der Waals surface area (Å²) in [5.74, 6) is 0.433. The molecule has 0 spiro atoms. The van der Waals surface area contributed by atoms with Crippen LogP contribution in [0, 0.1) is 6.92 Å². The van der Waals surface area contributed by atoms with Crippen molar-refractivity contribution in [2.24, 2.45) is 0 Å². The van der Waals surface area contributed by atoms with E-state index in [2.05, 4.69) is 53.9 Å². The highest BCUT2D eigenvalue weighted by atomic mass is 32.1. The molecular weight excluding hydrogens is 238 g/mol. The van der Waals surface area contributed by atoms with Crippen LogP contribution in [0.15, 0.2) is 47.3 Å². The summed E-state index contributed by atoms with van der Waals surface area (Å²) in [5.41, 5.74) is 5.18. The molecule has 18 heavy (non-hydrogen) atoms. The summed E-state index contributed by atoms with van der Waals surface area (Å²) in [6, 6.07) is 10.7. The first-order chi connectivity index (χ1) is 8.77. The molecule has 0 aliphatic carbocycles. The summed E-state index contributed by atoms with van der Waals surface area (Å²) in [6.45, 7) is 4.44. The van der Waals surface area contributed by atoms with E-state index in [-0.39, 0.29) is 0 Å². The van der Waals surface area contributed by atoms with E-state index in [1.165, 1.54) is 22.1 Å². The lowest BCUT2D eigenvalue weighted by atomic mass is 9.90. The summed E-state index contributed by atoms with van der Waals surface area (Å²) < 4.78 is 0. The lowest BCUT2D eigenvalue weighted by Gasteiger charge is -2.15. The lowest BCUT2D eigenvalue weighted by Crippen LogP contribution is -1.98. The zero-order valence-corrected chi connectivity index (χ0v) is 11.4. The van der Waals surface area contributed by atoms with Gasteiger partial charge in [-0.15, -0.1) is 0 Å². The van der Waals surface area contributed by atoms with Crippen molar-refractivity contribution in [3.05, 3.63) is 64.0 Å². The van der Waals surface area contributed by atoms with Crippen LogP contribution < -0.4 is 0 Å². The summed E-state index contributed by atoms with van der Waals surface area (Å²) in [6.07, 6.45) is 1.87. The molecule has 0 aliphatic heterocycles.